The van der Waals surface area contributed by atoms with Crippen LogP contribution in [0.15, 0.2) is 23.3 Å². The van der Waals surface area contributed by atoms with E-state index in [0.717, 1.165) is 36.2 Å². The van der Waals surface area contributed by atoms with Crippen molar-refractivity contribution in [2.75, 3.05) is 5.32 Å². The maximum atomic E-state index is 11.9. The Labute approximate surface area is 138 Å². The fraction of sp³-hybridized carbons (Fsp3) is 0.500. The summed E-state index contributed by atoms with van der Waals surface area (Å²) in [6.07, 6.45) is 3.30. The molecule has 0 radical (unpaired) electrons. The molecule has 23 heavy (non-hydrogen) atoms. The fourth-order valence-electron chi connectivity index (χ4n) is 1.97. The number of hydrazone groups is 1. The Balaban J connectivity index is 2.35. The van der Waals surface area contributed by atoms with Crippen molar-refractivity contribution in [3.05, 3.63) is 29.3 Å². The predicted octanol–water partition coefficient (Wildman–Crippen LogP) is 3.70. The number of amides is 2. The molecule has 2 amide bonds. The molecule has 0 heterocycles. The average Bonchev–Trinajstić information content (AvgIpc) is 2.52. The minimum Gasteiger partial charge on any atom is -0.326 e. The van der Waals surface area contributed by atoms with E-state index in [9.17, 15) is 9.59 Å². The van der Waals surface area contributed by atoms with Gasteiger partial charge in [-0.15, -0.1) is 0 Å². The van der Waals surface area contributed by atoms with Gasteiger partial charge in [0.05, 0.1) is 0 Å². The number of unbranched alkanes of at least 4 members (excludes halogenated alkanes) is 1. The van der Waals surface area contributed by atoms with Crippen molar-refractivity contribution in [1.82, 2.24) is 5.43 Å². The topological polar surface area (TPSA) is 70.6 Å². The van der Waals surface area contributed by atoms with Gasteiger partial charge in [0.25, 0.3) is 0 Å². The number of carbonyl (C=O) groups is 2. The Morgan fingerprint density at radius 2 is 1.74 bits per heavy atom. The lowest BCUT2D eigenvalue weighted by molar-refractivity contribution is -0.124. The van der Waals surface area contributed by atoms with E-state index < -0.39 is 0 Å². The molecular weight excluding hydrogens is 290 g/mol. The van der Waals surface area contributed by atoms with Gasteiger partial charge in [-0.05, 0) is 56.9 Å². The van der Waals surface area contributed by atoms with Crippen LogP contribution in [0.3, 0.4) is 0 Å². The summed E-state index contributed by atoms with van der Waals surface area (Å²) in [6, 6.07) is 5.75. The van der Waals surface area contributed by atoms with Crippen LogP contribution >= 0.6 is 0 Å². The molecule has 0 bridgehead atoms. The zero-order valence-corrected chi connectivity index (χ0v) is 14.5. The maximum Gasteiger partial charge on any atom is 0.240 e. The number of nitrogens with zero attached hydrogens (tertiary/aromatic N) is 1. The molecule has 0 aromatic heterocycles. The maximum absolute atomic E-state index is 11.9. The van der Waals surface area contributed by atoms with Crippen LogP contribution in [0.1, 0.15) is 57.1 Å². The van der Waals surface area contributed by atoms with Gasteiger partial charge in [-0.3, -0.25) is 9.59 Å². The lowest BCUT2D eigenvalue weighted by atomic mass is 10.1. The van der Waals surface area contributed by atoms with Gasteiger partial charge in [-0.1, -0.05) is 19.4 Å². The van der Waals surface area contributed by atoms with Gasteiger partial charge in [-0.2, -0.15) is 5.10 Å². The van der Waals surface area contributed by atoms with E-state index in [2.05, 4.69) is 22.8 Å². The number of anilines is 1. The van der Waals surface area contributed by atoms with Crippen LogP contribution in [0.25, 0.3) is 0 Å². The zero-order chi connectivity index (χ0) is 17.2. The summed E-state index contributed by atoms with van der Waals surface area (Å²) in [5, 5.41) is 6.83. The van der Waals surface area contributed by atoms with Crippen molar-refractivity contribution >= 4 is 23.2 Å². The molecule has 2 N–H and O–H groups in total. The fourth-order valence-corrected chi connectivity index (χ4v) is 1.97. The molecule has 5 nitrogen and oxygen atoms in total. The molecule has 0 saturated carbocycles. The molecular formula is C18H27N3O2. The Morgan fingerprint density at radius 1 is 1.04 bits per heavy atom. The molecule has 0 aliphatic heterocycles. The molecule has 0 unspecified atom stereocenters. The van der Waals surface area contributed by atoms with Crippen molar-refractivity contribution in [3.8, 4) is 0 Å². The Morgan fingerprint density at radius 3 is 2.39 bits per heavy atom. The zero-order valence-electron chi connectivity index (χ0n) is 14.5. The summed E-state index contributed by atoms with van der Waals surface area (Å²) in [5.41, 5.74) is 6.46. The lowest BCUT2D eigenvalue weighted by Gasteiger charge is -2.07. The third-order valence-electron chi connectivity index (χ3n) is 3.63. The van der Waals surface area contributed by atoms with Crippen molar-refractivity contribution < 1.29 is 9.59 Å². The number of aryl methyl sites for hydroxylation is 2. The van der Waals surface area contributed by atoms with E-state index in [1.54, 1.807) is 0 Å². The quantitative estimate of drug-likeness (QED) is 0.567. The van der Waals surface area contributed by atoms with Gasteiger partial charge >= 0.3 is 0 Å². The molecule has 0 atom stereocenters. The number of nitrogens with one attached hydrogen (secondary N) is 2. The smallest absolute Gasteiger partial charge is 0.240 e. The second-order valence-corrected chi connectivity index (χ2v) is 5.83. The summed E-state index contributed by atoms with van der Waals surface area (Å²) >= 11 is 0. The second-order valence-electron chi connectivity index (χ2n) is 5.83. The van der Waals surface area contributed by atoms with E-state index in [4.69, 9.17) is 0 Å². The van der Waals surface area contributed by atoms with E-state index in [0.29, 0.717) is 0 Å². The van der Waals surface area contributed by atoms with Crippen molar-refractivity contribution in [3.63, 3.8) is 0 Å². The standard InChI is InChI=1S/C18H27N3O2/c1-5-6-7-15(4)20-21-18(23)11-10-17(22)19-16-9-8-13(2)14(3)12-16/h8-9,12H,5-7,10-11H2,1-4H3,(H,19,22)(H,21,23). The summed E-state index contributed by atoms with van der Waals surface area (Å²) < 4.78 is 0. The van der Waals surface area contributed by atoms with Gasteiger partial charge in [-0.25, -0.2) is 5.43 Å². The van der Waals surface area contributed by atoms with E-state index >= 15 is 0 Å². The molecule has 1 rings (SSSR count). The molecule has 0 fully saturated rings. The predicted molar refractivity (Wildman–Crippen MR) is 94.6 cm³/mol. The minimum absolute atomic E-state index is 0.126. The van der Waals surface area contributed by atoms with Crippen LogP contribution in [0.5, 0.6) is 0 Å². The second kappa shape index (κ2) is 9.77. The van der Waals surface area contributed by atoms with Crippen LogP contribution in [0, 0.1) is 13.8 Å². The summed E-state index contributed by atoms with van der Waals surface area (Å²) in [4.78, 5) is 23.5. The highest BCUT2D eigenvalue weighted by Crippen LogP contribution is 2.14. The van der Waals surface area contributed by atoms with E-state index in [1.165, 1.54) is 5.56 Å². The van der Waals surface area contributed by atoms with Gasteiger partial charge in [0.2, 0.25) is 11.8 Å². The summed E-state index contributed by atoms with van der Waals surface area (Å²) in [7, 11) is 0. The monoisotopic (exact) mass is 317 g/mol. The Bertz CT molecular complexity index is 580. The highest BCUT2D eigenvalue weighted by molar-refractivity contribution is 5.93. The molecule has 0 aliphatic rings. The number of hydrogen-bond donors (Lipinski definition) is 2. The lowest BCUT2D eigenvalue weighted by Crippen LogP contribution is -2.21. The van der Waals surface area contributed by atoms with E-state index in [-0.39, 0.29) is 24.7 Å². The first kappa shape index (κ1) is 18.9. The first-order chi connectivity index (χ1) is 10.9. The minimum atomic E-state index is -0.240. The Hall–Kier alpha value is -2.17. The van der Waals surface area contributed by atoms with Crippen LogP contribution in [0.4, 0.5) is 5.69 Å². The van der Waals surface area contributed by atoms with Gasteiger partial charge < -0.3 is 5.32 Å². The van der Waals surface area contributed by atoms with Gasteiger partial charge in [0.15, 0.2) is 0 Å². The third-order valence-corrected chi connectivity index (χ3v) is 3.63. The Kier molecular flexibility index (Phi) is 8.02. The first-order valence-electron chi connectivity index (χ1n) is 8.11. The van der Waals surface area contributed by atoms with Gasteiger partial charge in [0.1, 0.15) is 0 Å². The van der Waals surface area contributed by atoms with Crippen LogP contribution in [0.2, 0.25) is 0 Å². The number of benzene rings is 1. The highest BCUT2D eigenvalue weighted by atomic mass is 16.2. The molecule has 1 aromatic carbocycles. The van der Waals surface area contributed by atoms with Crippen molar-refractivity contribution in [2.24, 2.45) is 5.10 Å². The number of hydrogen-bond acceptors (Lipinski definition) is 3. The summed E-state index contributed by atoms with van der Waals surface area (Å²) in [5.74, 6) is -0.411. The molecule has 0 aliphatic carbocycles. The third kappa shape index (κ3) is 7.58. The SMILES string of the molecule is CCCCC(C)=NNC(=O)CCC(=O)Nc1ccc(C)c(C)c1. The van der Waals surface area contributed by atoms with Crippen LogP contribution in [-0.2, 0) is 9.59 Å². The number of carbonyl (C=O) groups excluding carboxylic acids is 2. The highest BCUT2D eigenvalue weighted by Gasteiger charge is 2.07. The summed E-state index contributed by atoms with van der Waals surface area (Å²) in [6.45, 7) is 8.02. The van der Waals surface area contributed by atoms with E-state index in [1.807, 2.05) is 39.0 Å². The average molecular weight is 317 g/mol. The van der Waals surface area contributed by atoms with Crippen LogP contribution in [-0.4, -0.2) is 17.5 Å². The largest absolute Gasteiger partial charge is 0.326 e. The molecule has 126 valence electrons. The van der Waals surface area contributed by atoms with Crippen molar-refractivity contribution in [2.45, 2.75) is 59.8 Å². The molecule has 1 aromatic rings. The van der Waals surface area contributed by atoms with Gasteiger partial charge in [0, 0.05) is 24.2 Å². The number of rotatable bonds is 8. The molecule has 5 heteroatoms. The van der Waals surface area contributed by atoms with Crippen molar-refractivity contribution in [1.29, 1.82) is 0 Å². The first-order valence-corrected chi connectivity index (χ1v) is 8.11. The molecule has 0 spiro atoms. The molecule has 0 saturated heterocycles. The van der Waals surface area contributed by atoms with Crippen LogP contribution < -0.4 is 10.7 Å². The normalized spacial score (nSPS) is 11.2.